The molecule has 0 spiro atoms. The SMILES string of the molecule is O=C(Nc1n[nH]c(-c2ccccc2)n1)c1cc2ccccc2o1. The van der Waals surface area contributed by atoms with Crippen LogP contribution in [0.25, 0.3) is 22.4 Å². The average molecular weight is 304 g/mol. The third-order valence-corrected chi connectivity index (χ3v) is 3.41. The van der Waals surface area contributed by atoms with E-state index in [4.69, 9.17) is 4.42 Å². The van der Waals surface area contributed by atoms with Crippen molar-refractivity contribution in [2.45, 2.75) is 0 Å². The molecule has 0 unspecified atom stereocenters. The zero-order valence-corrected chi connectivity index (χ0v) is 12.0. The Morgan fingerprint density at radius 2 is 1.83 bits per heavy atom. The Kier molecular flexibility index (Phi) is 3.12. The van der Waals surface area contributed by atoms with Gasteiger partial charge in [-0.3, -0.25) is 15.2 Å². The number of hydrogen-bond donors (Lipinski definition) is 2. The van der Waals surface area contributed by atoms with E-state index >= 15 is 0 Å². The molecule has 112 valence electrons. The molecule has 0 aliphatic carbocycles. The summed E-state index contributed by atoms with van der Waals surface area (Å²) in [5.74, 6) is 0.622. The van der Waals surface area contributed by atoms with Crippen LogP contribution in [0.2, 0.25) is 0 Å². The highest BCUT2D eigenvalue weighted by Crippen LogP contribution is 2.20. The molecule has 0 saturated carbocycles. The topological polar surface area (TPSA) is 83.8 Å². The number of furan rings is 1. The van der Waals surface area contributed by atoms with Crippen LogP contribution in [0.5, 0.6) is 0 Å². The number of carbonyl (C=O) groups excluding carboxylic acids is 1. The molecule has 2 aromatic carbocycles. The second-order valence-corrected chi connectivity index (χ2v) is 4.98. The molecule has 0 bridgehead atoms. The van der Waals surface area contributed by atoms with Crippen LogP contribution in [0.15, 0.2) is 65.1 Å². The van der Waals surface area contributed by atoms with Gasteiger partial charge in [0.25, 0.3) is 5.91 Å². The van der Waals surface area contributed by atoms with Crippen molar-refractivity contribution in [2.24, 2.45) is 0 Å². The Hall–Kier alpha value is -3.41. The van der Waals surface area contributed by atoms with Crippen LogP contribution in [0.4, 0.5) is 5.95 Å². The number of rotatable bonds is 3. The molecule has 1 amide bonds. The van der Waals surface area contributed by atoms with Gasteiger partial charge in [0.05, 0.1) is 0 Å². The number of hydrogen-bond acceptors (Lipinski definition) is 4. The Labute approximate surface area is 131 Å². The van der Waals surface area contributed by atoms with Gasteiger partial charge in [0.15, 0.2) is 11.6 Å². The molecular weight excluding hydrogens is 292 g/mol. The van der Waals surface area contributed by atoms with E-state index in [-0.39, 0.29) is 17.6 Å². The molecule has 0 aliphatic heterocycles. The largest absolute Gasteiger partial charge is 0.451 e. The predicted octanol–water partition coefficient (Wildman–Crippen LogP) is 3.47. The van der Waals surface area contributed by atoms with E-state index in [1.165, 1.54) is 0 Å². The van der Waals surface area contributed by atoms with Gasteiger partial charge in [-0.1, -0.05) is 48.5 Å². The molecule has 0 fully saturated rings. The minimum atomic E-state index is -0.389. The van der Waals surface area contributed by atoms with Crippen molar-refractivity contribution in [3.63, 3.8) is 0 Å². The second-order valence-electron chi connectivity index (χ2n) is 4.98. The maximum absolute atomic E-state index is 12.2. The monoisotopic (exact) mass is 304 g/mol. The van der Waals surface area contributed by atoms with E-state index in [1.54, 1.807) is 6.07 Å². The number of aromatic amines is 1. The van der Waals surface area contributed by atoms with Gasteiger partial charge in [-0.15, -0.1) is 5.10 Å². The molecule has 0 radical (unpaired) electrons. The number of benzene rings is 2. The Morgan fingerprint density at radius 3 is 2.65 bits per heavy atom. The minimum absolute atomic E-state index is 0.203. The number of para-hydroxylation sites is 1. The number of amides is 1. The van der Waals surface area contributed by atoms with E-state index in [0.29, 0.717) is 11.4 Å². The lowest BCUT2D eigenvalue weighted by Gasteiger charge is -1.96. The van der Waals surface area contributed by atoms with Gasteiger partial charge < -0.3 is 4.42 Å². The Balaban J connectivity index is 1.56. The number of nitrogens with zero attached hydrogens (tertiary/aromatic N) is 2. The summed E-state index contributed by atoms with van der Waals surface area (Å²) in [6.45, 7) is 0. The molecule has 2 heterocycles. The first-order valence-corrected chi connectivity index (χ1v) is 7.07. The van der Waals surface area contributed by atoms with Crippen molar-refractivity contribution in [3.05, 3.63) is 66.4 Å². The van der Waals surface area contributed by atoms with Crippen LogP contribution in [0.1, 0.15) is 10.6 Å². The highest BCUT2D eigenvalue weighted by atomic mass is 16.3. The van der Waals surface area contributed by atoms with Gasteiger partial charge >= 0.3 is 0 Å². The minimum Gasteiger partial charge on any atom is -0.451 e. The molecule has 6 heteroatoms. The van der Waals surface area contributed by atoms with Crippen molar-refractivity contribution >= 4 is 22.8 Å². The molecule has 0 saturated heterocycles. The quantitative estimate of drug-likeness (QED) is 0.607. The Bertz CT molecular complexity index is 939. The molecule has 2 aromatic heterocycles. The van der Waals surface area contributed by atoms with Crippen LogP contribution >= 0.6 is 0 Å². The fourth-order valence-corrected chi connectivity index (χ4v) is 2.30. The van der Waals surface area contributed by atoms with Gasteiger partial charge in [-0.05, 0) is 12.1 Å². The van der Waals surface area contributed by atoms with E-state index in [0.717, 1.165) is 10.9 Å². The van der Waals surface area contributed by atoms with Gasteiger partial charge in [-0.2, -0.15) is 4.98 Å². The number of aromatic nitrogens is 3. The van der Waals surface area contributed by atoms with Crippen molar-refractivity contribution < 1.29 is 9.21 Å². The van der Waals surface area contributed by atoms with Gasteiger partial charge in [0.1, 0.15) is 5.58 Å². The molecular formula is C17H12N4O2. The molecule has 4 rings (SSSR count). The molecule has 2 N–H and O–H groups in total. The first kappa shape index (κ1) is 13.3. The number of H-pyrrole nitrogens is 1. The van der Waals surface area contributed by atoms with Crippen LogP contribution < -0.4 is 5.32 Å². The van der Waals surface area contributed by atoms with Crippen molar-refractivity contribution in [3.8, 4) is 11.4 Å². The fourth-order valence-electron chi connectivity index (χ4n) is 2.30. The standard InChI is InChI=1S/C17H12N4O2/c22-16(14-10-12-8-4-5-9-13(12)23-14)19-17-18-15(20-21-17)11-6-2-1-3-7-11/h1-10H,(H2,18,19,20,21,22). The fraction of sp³-hybridized carbons (Fsp3) is 0. The predicted molar refractivity (Wildman–Crippen MR) is 86.0 cm³/mol. The summed E-state index contributed by atoms with van der Waals surface area (Å²) in [4.78, 5) is 16.5. The summed E-state index contributed by atoms with van der Waals surface area (Å²) in [7, 11) is 0. The smallest absolute Gasteiger partial charge is 0.293 e. The lowest BCUT2D eigenvalue weighted by Crippen LogP contribution is -2.11. The molecule has 0 aliphatic rings. The van der Waals surface area contributed by atoms with Crippen LogP contribution in [0, 0.1) is 0 Å². The number of fused-ring (bicyclic) bond motifs is 1. The first-order chi connectivity index (χ1) is 11.3. The molecule has 23 heavy (non-hydrogen) atoms. The zero-order chi connectivity index (χ0) is 15.6. The third kappa shape index (κ3) is 2.57. The first-order valence-electron chi connectivity index (χ1n) is 7.07. The lowest BCUT2D eigenvalue weighted by molar-refractivity contribution is 0.0998. The van der Waals surface area contributed by atoms with Crippen LogP contribution in [0.3, 0.4) is 0 Å². The van der Waals surface area contributed by atoms with Gasteiger partial charge in [0.2, 0.25) is 5.95 Å². The maximum atomic E-state index is 12.2. The second kappa shape index (κ2) is 5.42. The molecule has 4 aromatic rings. The number of nitrogens with one attached hydrogen (secondary N) is 2. The average Bonchev–Trinajstić information content (AvgIpc) is 3.22. The van der Waals surface area contributed by atoms with Gasteiger partial charge in [-0.25, -0.2) is 0 Å². The number of anilines is 1. The lowest BCUT2D eigenvalue weighted by atomic mass is 10.2. The van der Waals surface area contributed by atoms with Crippen molar-refractivity contribution in [2.75, 3.05) is 5.32 Å². The highest BCUT2D eigenvalue weighted by Gasteiger charge is 2.14. The van der Waals surface area contributed by atoms with E-state index in [1.807, 2.05) is 54.6 Å². The molecule has 0 atom stereocenters. The summed E-state index contributed by atoms with van der Waals surface area (Å²) in [6.07, 6.45) is 0. The third-order valence-electron chi connectivity index (χ3n) is 3.41. The number of carbonyl (C=O) groups is 1. The zero-order valence-electron chi connectivity index (χ0n) is 12.0. The maximum Gasteiger partial charge on any atom is 0.293 e. The summed E-state index contributed by atoms with van der Waals surface area (Å²) in [5.41, 5.74) is 1.56. The summed E-state index contributed by atoms with van der Waals surface area (Å²) in [6, 6.07) is 18.7. The summed E-state index contributed by atoms with van der Waals surface area (Å²) < 4.78 is 5.52. The highest BCUT2D eigenvalue weighted by molar-refractivity contribution is 6.03. The van der Waals surface area contributed by atoms with Crippen LogP contribution in [-0.4, -0.2) is 21.1 Å². The molecule has 6 nitrogen and oxygen atoms in total. The summed E-state index contributed by atoms with van der Waals surface area (Å²) >= 11 is 0. The van der Waals surface area contributed by atoms with Crippen molar-refractivity contribution in [1.82, 2.24) is 15.2 Å². The normalized spacial score (nSPS) is 10.8. The van der Waals surface area contributed by atoms with Crippen LogP contribution in [-0.2, 0) is 0 Å². The Morgan fingerprint density at radius 1 is 1.04 bits per heavy atom. The van der Waals surface area contributed by atoms with E-state index < -0.39 is 0 Å². The van der Waals surface area contributed by atoms with E-state index in [2.05, 4.69) is 20.5 Å². The van der Waals surface area contributed by atoms with Gasteiger partial charge in [0, 0.05) is 10.9 Å². The van der Waals surface area contributed by atoms with E-state index in [9.17, 15) is 4.79 Å². The summed E-state index contributed by atoms with van der Waals surface area (Å²) in [5, 5.41) is 10.3. The van der Waals surface area contributed by atoms with Crippen molar-refractivity contribution in [1.29, 1.82) is 0 Å².